The molecule has 8 nitrogen and oxygen atoms in total. The second-order valence-electron chi connectivity index (χ2n) is 6.44. The molecular weight excluding hydrogens is 389 g/mol. The molecule has 0 unspecified atom stereocenters. The summed E-state index contributed by atoms with van der Waals surface area (Å²) in [6.07, 6.45) is 1.33. The van der Waals surface area contributed by atoms with E-state index in [1.165, 1.54) is 16.8 Å². The lowest BCUT2D eigenvalue weighted by Crippen LogP contribution is -2.38. The van der Waals surface area contributed by atoms with Crippen molar-refractivity contribution in [2.24, 2.45) is 7.05 Å². The maximum Gasteiger partial charge on any atom is 0.279 e. The predicted octanol–water partition coefficient (Wildman–Crippen LogP) is 2.67. The summed E-state index contributed by atoms with van der Waals surface area (Å²) in [5, 5.41) is 8.10. The zero-order valence-electron chi connectivity index (χ0n) is 15.0. The van der Waals surface area contributed by atoms with Crippen LogP contribution in [0.5, 0.6) is 5.75 Å². The standard InChI is InChI=1S/C18H17ClFN5O3/c1-24-15(26)6-5-13(22-24)17-21-18(23-28-17)25-9-7-11(8-10-25)27-14-4-2-3-12(20)16(14)19/h2-6,11H,7-10H2,1H3. The highest BCUT2D eigenvalue weighted by Crippen LogP contribution is 2.30. The van der Waals surface area contributed by atoms with E-state index in [4.69, 9.17) is 20.9 Å². The van der Waals surface area contributed by atoms with Gasteiger partial charge in [-0.05, 0) is 23.4 Å². The Morgan fingerprint density at radius 2 is 2.04 bits per heavy atom. The van der Waals surface area contributed by atoms with Gasteiger partial charge in [-0.3, -0.25) is 4.79 Å². The van der Waals surface area contributed by atoms with Crippen LogP contribution in [-0.4, -0.2) is 39.1 Å². The van der Waals surface area contributed by atoms with Crippen LogP contribution < -0.4 is 15.2 Å². The quantitative estimate of drug-likeness (QED) is 0.659. The van der Waals surface area contributed by atoms with Crippen LogP contribution in [0.15, 0.2) is 39.6 Å². The average molecular weight is 406 g/mol. The summed E-state index contributed by atoms with van der Waals surface area (Å²) in [6.45, 7) is 1.30. The lowest BCUT2D eigenvalue weighted by molar-refractivity contribution is 0.170. The molecule has 3 aromatic rings. The fraction of sp³-hybridized carbons (Fsp3) is 0.333. The van der Waals surface area contributed by atoms with Crippen molar-refractivity contribution in [3.05, 3.63) is 51.5 Å². The summed E-state index contributed by atoms with van der Waals surface area (Å²) in [7, 11) is 1.55. The minimum Gasteiger partial charge on any atom is -0.489 e. The Labute approximate surface area is 164 Å². The zero-order valence-corrected chi connectivity index (χ0v) is 15.8. The van der Waals surface area contributed by atoms with E-state index in [1.807, 2.05) is 4.90 Å². The van der Waals surface area contributed by atoms with Gasteiger partial charge in [-0.25, -0.2) is 9.07 Å². The second kappa shape index (κ2) is 7.59. The third-order valence-corrected chi connectivity index (χ3v) is 4.90. The highest BCUT2D eigenvalue weighted by atomic mass is 35.5. The van der Waals surface area contributed by atoms with Crippen LogP contribution in [-0.2, 0) is 7.05 Å². The number of rotatable bonds is 4. The normalized spacial score (nSPS) is 15.0. The number of aromatic nitrogens is 4. The average Bonchev–Trinajstić information content (AvgIpc) is 3.18. The smallest absolute Gasteiger partial charge is 0.279 e. The van der Waals surface area contributed by atoms with Gasteiger partial charge in [-0.15, -0.1) is 0 Å². The number of hydrogen-bond acceptors (Lipinski definition) is 7. The van der Waals surface area contributed by atoms with Crippen molar-refractivity contribution in [1.82, 2.24) is 19.9 Å². The van der Waals surface area contributed by atoms with Crippen molar-refractivity contribution in [1.29, 1.82) is 0 Å². The Hall–Kier alpha value is -2.94. The van der Waals surface area contributed by atoms with Crippen LogP contribution in [0.2, 0.25) is 5.02 Å². The van der Waals surface area contributed by atoms with Gasteiger partial charge in [0.25, 0.3) is 17.4 Å². The fourth-order valence-corrected chi connectivity index (χ4v) is 3.16. The van der Waals surface area contributed by atoms with E-state index in [9.17, 15) is 9.18 Å². The first-order chi connectivity index (χ1) is 13.5. The summed E-state index contributed by atoms with van der Waals surface area (Å²) >= 11 is 5.95. The molecule has 0 radical (unpaired) electrons. The van der Waals surface area contributed by atoms with Crippen molar-refractivity contribution in [3.63, 3.8) is 0 Å². The molecule has 146 valence electrons. The van der Waals surface area contributed by atoms with Gasteiger partial charge in [0.2, 0.25) is 0 Å². The van der Waals surface area contributed by atoms with Gasteiger partial charge in [0.1, 0.15) is 28.4 Å². The Morgan fingerprint density at radius 3 is 2.79 bits per heavy atom. The van der Waals surface area contributed by atoms with Crippen molar-refractivity contribution in [2.45, 2.75) is 18.9 Å². The molecule has 3 heterocycles. The summed E-state index contributed by atoms with van der Waals surface area (Å²) in [5.41, 5.74) is 0.212. The summed E-state index contributed by atoms with van der Waals surface area (Å²) in [4.78, 5) is 17.8. The molecule has 10 heteroatoms. The molecule has 0 amide bonds. The number of aryl methyl sites for hydroxylation is 1. The Morgan fingerprint density at radius 1 is 1.25 bits per heavy atom. The molecule has 1 aliphatic heterocycles. The van der Waals surface area contributed by atoms with Crippen LogP contribution in [0.4, 0.5) is 10.3 Å². The first-order valence-electron chi connectivity index (χ1n) is 8.75. The molecule has 28 heavy (non-hydrogen) atoms. The van der Waals surface area contributed by atoms with Gasteiger partial charge < -0.3 is 14.2 Å². The second-order valence-corrected chi connectivity index (χ2v) is 6.81. The topological polar surface area (TPSA) is 86.3 Å². The predicted molar refractivity (Wildman–Crippen MR) is 100 cm³/mol. The molecule has 2 aromatic heterocycles. The molecule has 0 aliphatic carbocycles. The van der Waals surface area contributed by atoms with Gasteiger partial charge in [0.15, 0.2) is 0 Å². The van der Waals surface area contributed by atoms with Crippen LogP contribution in [0, 0.1) is 5.82 Å². The van der Waals surface area contributed by atoms with Crippen molar-refractivity contribution >= 4 is 17.5 Å². The number of ether oxygens (including phenoxy) is 1. The maximum atomic E-state index is 13.5. The third kappa shape index (κ3) is 3.70. The number of benzene rings is 1. The molecule has 1 fully saturated rings. The van der Waals surface area contributed by atoms with E-state index in [2.05, 4.69) is 15.2 Å². The minimum atomic E-state index is -0.497. The van der Waals surface area contributed by atoms with E-state index in [1.54, 1.807) is 25.2 Å². The molecule has 0 atom stereocenters. The molecule has 1 aromatic carbocycles. The number of hydrogen-bond donors (Lipinski definition) is 0. The lowest BCUT2D eigenvalue weighted by Gasteiger charge is -2.31. The molecular formula is C18H17ClFN5O3. The van der Waals surface area contributed by atoms with Crippen molar-refractivity contribution < 1.29 is 13.7 Å². The van der Waals surface area contributed by atoms with Gasteiger partial charge in [-0.2, -0.15) is 10.1 Å². The molecule has 0 bridgehead atoms. The van der Waals surface area contributed by atoms with E-state index >= 15 is 0 Å². The minimum absolute atomic E-state index is 0.00231. The first kappa shape index (κ1) is 18.4. The number of piperidine rings is 1. The number of halogens is 2. The first-order valence-corrected chi connectivity index (χ1v) is 9.13. The number of anilines is 1. The summed E-state index contributed by atoms with van der Waals surface area (Å²) < 4.78 is 25.9. The van der Waals surface area contributed by atoms with E-state index in [-0.39, 0.29) is 22.6 Å². The molecule has 1 saturated heterocycles. The molecule has 0 saturated carbocycles. The molecule has 0 N–H and O–H groups in total. The van der Waals surface area contributed by atoms with Gasteiger partial charge in [0.05, 0.1) is 0 Å². The zero-order chi connectivity index (χ0) is 19.7. The van der Waals surface area contributed by atoms with Gasteiger partial charge >= 0.3 is 0 Å². The van der Waals surface area contributed by atoms with E-state index in [0.29, 0.717) is 43.3 Å². The monoisotopic (exact) mass is 405 g/mol. The molecule has 0 spiro atoms. The largest absolute Gasteiger partial charge is 0.489 e. The maximum absolute atomic E-state index is 13.5. The lowest BCUT2D eigenvalue weighted by atomic mass is 10.1. The summed E-state index contributed by atoms with van der Waals surface area (Å²) in [5.74, 6) is 0.550. The molecule has 1 aliphatic rings. The molecule has 4 rings (SSSR count). The highest BCUT2D eigenvalue weighted by Gasteiger charge is 2.25. The van der Waals surface area contributed by atoms with E-state index < -0.39 is 5.82 Å². The highest BCUT2D eigenvalue weighted by molar-refractivity contribution is 6.32. The third-order valence-electron chi connectivity index (χ3n) is 4.53. The van der Waals surface area contributed by atoms with Crippen molar-refractivity contribution in [3.8, 4) is 17.3 Å². The van der Waals surface area contributed by atoms with Gasteiger partial charge in [0, 0.05) is 39.0 Å². The number of nitrogens with zero attached hydrogens (tertiary/aromatic N) is 5. The summed E-state index contributed by atoms with van der Waals surface area (Å²) in [6, 6.07) is 7.46. The van der Waals surface area contributed by atoms with Crippen LogP contribution >= 0.6 is 11.6 Å². The van der Waals surface area contributed by atoms with Crippen molar-refractivity contribution in [2.75, 3.05) is 18.0 Å². The van der Waals surface area contributed by atoms with Crippen LogP contribution in [0.3, 0.4) is 0 Å². The van der Waals surface area contributed by atoms with Crippen LogP contribution in [0.1, 0.15) is 12.8 Å². The Balaban J connectivity index is 1.40. The van der Waals surface area contributed by atoms with E-state index in [0.717, 1.165) is 0 Å². The van der Waals surface area contributed by atoms with Crippen LogP contribution in [0.25, 0.3) is 11.6 Å². The fourth-order valence-electron chi connectivity index (χ4n) is 2.99. The Kier molecular flexibility index (Phi) is 4.99. The Bertz CT molecular complexity index is 1050. The SMILES string of the molecule is Cn1nc(-c2nc(N3CCC(Oc4cccc(F)c4Cl)CC3)no2)ccc1=O. The van der Waals surface area contributed by atoms with Gasteiger partial charge in [-0.1, -0.05) is 17.7 Å².